The van der Waals surface area contributed by atoms with E-state index in [9.17, 15) is 9.59 Å². The maximum Gasteiger partial charge on any atom is 0.247 e. The third-order valence-electron chi connectivity index (χ3n) is 5.67. The average molecular weight is 526 g/mol. The van der Waals surface area contributed by atoms with E-state index in [4.69, 9.17) is 23.2 Å². The van der Waals surface area contributed by atoms with Crippen LogP contribution in [-0.2, 0) is 16.0 Å². The monoisotopic (exact) mass is 524 g/mol. The Labute approximate surface area is 202 Å². The predicted molar refractivity (Wildman–Crippen MR) is 129 cm³/mol. The molecule has 0 aromatic heterocycles. The topological polar surface area (TPSA) is 49.4 Å². The fourth-order valence-corrected chi connectivity index (χ4v) is 4.75. The maximum absolute atomic E-state index is 13.5. The second kappa shape index (κ2) is 11.9. The van der Waals surface area contributed by atoms with Gasteiger partial charge in [0.2, 0.25) is 11.8 Å². The van der Waals surface area contributed by atoms with Gasteiger partial charge in [0, 0.05) is 22.1 Å². The summed E-state index contributed by atoms with van der Waals surface area (Å²) < 4.78 is 0.858. The molecule has 2 aromatic rings. The van der Waals surface area contributed by atoms with E-state index in [0.29, 0.717) is 18.0 Å². The molecule has 1 aliphatic rings. The first-order valence-electron chi connectivity index (χ1n) is 10.6. The van der Waals surface area contributed by atoms with Crippen LogP contribution in [0.1, 0.15) is 49.3 Å². The van der Waals surface area contributed by atoms with Crippen molar-refractivity contribution in [2.24, 2.45) is 0 Å². The fraction of sp³-hybridized carbons (Fsp3) is 0.417. The number of amides is 2. The van der Waals surface area contributed by atoms with E-state index in [1.165, 1.54) is 6.42 Å². The van der Waals surface area contributed by atoms with Gasteiger partial charge in [-0.1, -0.05) is 71.1 Å². The highest BCUT2D eigenvalue weighted by Crippen LogP contribution is 2.27. The molecular weight excluding hydrogens is 499 g/mol. The van der Waals surface area contributed by atoms with Crippen LogP contribution in [0.4, 0.5) is 0 Å². The van der Waals surface area contributed by atoms with E-state index in [1.54, 1.807) is 4.90 Å². The van der Waals surface area contributed by atoms with Crippen molar-refractivity contribution in [3.63, 3.8) is 0 Å². The summed E-state index contributed by atoms with van der Waals surface area (Å²) in [6, 6.07) is 14.5. The first kappa shape index (κ1) is 24.1. The number of benzene rings is 2. The zero-order valence-electron chi connectivity index (χ0n) is 17.3. The van der Waals surface area contributed by atoms with Crippen molar-refractivity contribution < 1.29 is 9.59 Å². The number of alkyl halides is 1. The molecule has 31 heavy (non-hydrogen) atoms. The molecule has 1 N–H and O–H groups in total. The molecule has 2 aromatic carbocycles. The Morgan fingerprint density at radius 1 is 1.10 bits per heavy atom. The van der Waals surface area contributed by atoms with Crippen molar-refractivity contribution in [2.45, 2.75) is 50.6 Å². The Kier molecular flexibility index (Phi) is 9.24. The molecule has 0 unspecified atom stereocenters. The normalized spacial score (nSPS) is 15.3. The van der Waals surface area contributed by atoms with Gasteiger partial charge in [-0.05, 0) is 54.7 Å². The molecule has 0 spiro atoms. The second-order valence-corrected chi connectivity index (χ2v) is 9.52. The molecule has 166 valence electrons. The van der Waals surface area contributed by atoms with Gasteiger partial charge in [-0.3, -0.25) is 9.59 Å². The van der Waals surface area contributed by atoms with Crippen molar-refractivity contribution >= 4 is 50.9 Å². The molecule has 1 fully saturated rings. The Bertz CT molecular complexity index is 885. The number of nitrogens with one attached hydrogen (secondary N) is 1. The van der Waals surface area contributed by atoms with Crippen LogP contribution in [0.2, 0.25) is 5.02 Å². The van der Waals surface area contributed by atoms with Crippen molar-refractivity contribution in [1.29, 1.82) is 0 Å². The molecule has 0 bridgehead atoms. The summed E-state index contributed by atoms with van der Waals surface area (Å²) in [5, 5.41) is 3.86. The third kappa shape index (κ3) is 6.96. The summed E-state index contributed by atoms with van der Waals surface area (Å²) in [4.78, 5) is 27.9. The van der Waals surface area contributed by atoms with Crippen molar-refractivity contribution in [3.8, 4) is 0 Å². The van der Waals surface area contributed by atoms with Crippen LogP contribution in [0.3, 0.4) is 0 Å². The Morgan fingerprint density at radius 3 is 2.45 bits per heavy atom. The standard InChI is InChI=1S/C24H27BrCl2N2O2/c25-19-6-4-5-18(15-19)23(24(31)28-21-7-2-1-3-8-21)29(22(30)16-26)14-13-17-9-11-20(27)12-10-17/h4-6,9-12,15,21,23H,1-3,7-8,13-14,16H2,(H,28,31)/t23-/m0/s1. The summed E-state index contributed by atoms with van der Waals surface area (Å²) in [7, 11) is 0. The first-order valence-corrected chi connectivity index (χ1v) is 12.3. The van der Waals surface area contributed by atoms with Crippen LogP contribution < -0.4 is 5.32 Å². The number of rotatable bonds is 8. The van der Waals surface area contributed by atoms with Crippen molar-refractivity contribution in [2.75, 3.05) is 12.4 Å². The highest BCUT2D eigenvalue weighted by molar-refractivity contribution is 9.10. The van der Waals surface area contributed by atoms with E-state index in [-0.39, 0.29) is 23.7 Å². The maximum atomic E-state index is 13.5. The van der Waals surface area contributed by atoms with E-state index in [0.717, 1.165) is 41.3 Å². The lowest BCUT2D eigenvalue weighted by Gasteiger charge is -2.33. The smallest absolute Gasteiger partial charge is 0.247 e. The third-order valence-corrected chi connectivity index (χ3v) is 6.64. The molecule has 4 nitrogen and oxygen atoms in total. The second-order valence-electron chi connectivity index (χ2n) is 7.90. The molecule has 0 aliphatic heterocycles. The van der Waals surface area contributed by atoms with E-state index in [2.05, 4.69) is 21.2 Å². The Hall–Kier alpha value is -1.56. The van der Waals surface area contributed by atoms with Crippen LogP contribution in [0.25, 0.3) is 0 Å². The largest absolute Gasteiger partial charge is 0.351 e. The van der Waals surface area contributed by atoms with Gasteiger partial charge in [-0.25, -0.2) is 0 Å². The average Bonchev–Trinajstić information content (AvgIpc) is 2.77. The van der Waals surface area contributed by atoms with Gasteiger partial charge in [0.1, 0.15) is 11.9 Å². The molecule has 0 saturated heterocycles. The minimum Gasteiger partial charge on any atom is -0.351 e. The van der Waals surface area contributed by atoms with Crippen molar-refractivity contribution in [1.82, 2.24) is 10.2 Å². The number of carbonyl (C=O) groups excluding carboxylic acids is 2. The number of hydrogen-bond donors (Lipinski definition) is 1. The number of halogens is 3. The van der Waals surface area contributed by atoms with Crippen molar-refractivity contribution in [3.05, 3.63) is 69.2 Å². The number of hydrogen-bond acceptors (Lipinski definition) is 2. The molecular formula is C24H27BrCl2N2O2. The van der Waals surface area contributed by atoms with Gasteiger partial charge >= 0.3 is 0 Å². The highest BCUT2D eigenvalue weighted by Gasteiger charge is 2.32. The minimum atomic E-state index is -0.738. The highest BCUT2D eigenvalue weighted by atomic mass is 79.9. The lowest BCUT2D eigenvalue weighted by molar-refractivity contribution is -0.139. The van der Waals surface area contributed by atoms with E-state index >= 15 is 0 Å². The van der Waals surface area contributed by atoms with Gasteiger partial charge in [-0.2, -0.15) is 0 Å². The summed E-state index contributed by atoms with van der Waals surface area (Å²) in [5.41, 5.74) is 1.80. The van der Waals surface area contributed by atoms with Crippen LogP contribution in [0.15, 0.2) is 53.0 Å². The Balaban J connectivity index is 1.87. The van der Waals surface area contributed by atoms with Gasteiger partial charge in [0.15, 0.2) is 0 Å². The minimum absolute atomic E-state index is 0.153. The molecule has 0 heterocycles. The quantitative estimate of drug-likeness (QED) is 0.436. The first-order chi connectivity index (χ1) is 15.0. The Morgan fingerprint density at radius 2 is 1.81 bits per heavy atom. The summed E-state index contributed by atoms with van der Waals surface area (Å²) in [6.45, 7) is 0.377. The molecule has 1 saturated carbocycles. The summed E-state index contributed by atoms with van der Waals surface area (Å²) in [6.07, 6.45) is 6.00. The SMILES string of the molecule is O=C(NC1CCCCC1)[C@H](c1cccc(Br)c1)N(CCc1ccc(Cl)cc1)C(=O)CCl. The van der Waals surface area contributed by atoms with Crippen LogP contribution in [0.5, 0.6) is 0 Å². The van der Waals surface area contributed by atoms with E-state index in [1.807, 2.05) is 48.5 Å². The van der Waals surface area contributed by atoms with Gasteiger partial charge in [-0.15, -0.1) is 11.6 Å². The molecule has 1 aliphatic carbocycles. The van der Waals surface area contributed by atoms with E-state index < -0.39 is 6.04 Å². The number of carbonyl (C=O) groups is 2. The predicted octanol–water partition coefficient (Wildman–Crippen LogP) is 5.90. The fourth-order valence-electron chi connectivity index (χ4n) is 4.05. The molecule has 2 amide bonds. The number of nitrogens with zero attached hydrogens (tertiary/aromatic N) is 1. The zero-order valence-corrected chi connectivity index (χ0v) is 20.4. The summed E-state index contributed by atoms with van der Waals surface area (Å²) in [5.74, 6) is -0.596. The lowest BCUT2D eigenvalue weighted by atomic mass is 9.94. The van der Waals surface area contributed by atoms with Gasteiger partial charge in [0.05, 0.1) is 0 Å². The lowest BCUT2D eigenvalue weighted by Crippen LogP contribution is -2.48. The molecule has 0 radical (unpaired) electrons. The van der Waals surface area contributed by atoms with Gasteiger partial charge in [0.25, 0.3) is 0 Å². The van der Waals surface area contributed by atoms with Crippen LogP contribution in [0, 0.1) is 0 Å². The summed E-state index contributed by atoms with van der Waals surface area (Å²) >= 11 is 15.4. The molecule has 7 heteroatoms. The van der Waals surface area contributed by atoms with Crippen LogP contribution in [-0.4, -0.2) is 35.2 Å². The van der Waals surface area contributed by atoms with Gasteiger partial charge < -0.3 is 10.2 Å². The molecule has 1 atom stereocenters. The zero-order chi connectivity index (χ0) is 22.2. The molecule has 3 rings (SSSR count). The van der Waals surface area contributed by atoms with Crippen LogP contribution >= 0.6 is 39.1 Å².